The van der Waals surface area contributed by atoms with Crippen LogP contribution in [0.5, 0.6) is 0 Å². The van der Waals surface area contributed by atoms with Gasteiger partial charge in [0.15, 0.2) is 0 Å². The highest BCUT2D eigenvalue weighted by atomic mass is 32.1. The predicted molar refractivity (Wildman–Crippen MR) is 63.8 cm³/mol. The molecule has 1 fully saturated rings. The van der Waals surface area contributed by atoms with E-state index in [4.69, 9.17) is 5.73 Å². The molecule has 1 aromatic rings. The van der Waals surface area contributed by atoms with Gasteiger partial charge in [-0.1, -0.05) is 12.8 Å². The highest BCUT2D eigenvalue weighted by Gasteiger charge is 2.31. The van der Waals surface area contributed by atoms with E-state index in [-0.39, 0.29) is 0 Å². The summed E-state index contributed by atoms with van der Waals surface area (Å²) >= 11 is 1.65. The van der Waals surface area contributed by atoms with Gasteiger partial charge in [0.1, 0.15) is 0 Å². The Morgan fingerprint density at radius 3 is 2.87 bits per heavy atom. The fourth-order valence-electron chi connectivity index (χ4n) is 2.36. The number of nitrogens with zero attached hydrogens (tertiary/aromatic N) is 1. The number of rotatable bonds is 5. The first-order chi connectivity index (χ1) is 7.35. The molecular formula is C11H19N3S. The minimum absolute atomic E-state index is 0.371. The normalized spacial score (nSPS) is 19.5. The van der Waals surface area contributed by atoms with Gasteiger partial charge in [-0.3, -0.25) is 0 Å². The molecular weight excluding hydrogens is 206 g/mol. The SMILES string of the molecule is NCC1(CNCc2cscn2)CCCC1. The minimum atomic E-state index is 0.371. The van der Waals surface area contributed by atoms with Crippen LogP contribution in [0.2, 0.25) is 0 Å². The van der Waals surface area contributed by atoms with Crippen molar-refractivity contribution in [3.63, 3.8) is 0 Å². The summed E-state index contributed by atoms with van der Waals surface area (Å²) in [5, 5.41) is 5.58. The molecule has 0 unspecified atom stereocenters. The Morgan fingerprint density at radius 2 is 2.27 bits per heavy atom. The summed E-state index contributed by atoms with van der Waals surface area (Å²) in [6.45, 7) is 2.74. The van der Waals surface area contributed by atoms with Crippen LogP contribution in [0.1, 0.15) is 31.4 Å². The minimum Gasteiger partial charge on any atom is -0.330 e. The number of aromatic nitrogens is 1. The van der Waals surface area contributed by atoms with Crippen LogP contribution in [0.3, 0.4) is 0 Å². The molecule has 1 aromatic heterocycles. The van der Waals surface area contributed by atoms with Gasteiger partial charge in [-0.25, -0.2) is 4.98 Å². The van der Waals surface area contributed by atoms with Crippen LogP contribution >= 0.6 is 11.3 Å². The van der Waals surface area contributed by atoms with Gasteiger partial charge in [-0.15, -0.1) is 11.3 Å². The molecule has 3 nitrogen and oxygen atoms in total. The van der Waals surface area contributed by atoms with Gasteiger partial charge in [-0.2, -0.15) is 0 Å². The fraction of sp³-hybridized carbons (Fsp3) is 0.727. The first-order valence-corrected chi connectivity index (χ1v) is 6.57. The number of nitrogens with two attached hydrogens (primary N) is 1. The molecule has 2 rings (SSSR count). The molecule has 84 valence electrons. The lowest BCUT2D eigenvalue weighted by molar-refractivity contribution is 0.290. The van der Waals surface area contributed by atoms with Crippen molar-refractivity contribution in [1.29, 1.82) is 0 Å². The van der Waals surface area contributed by atoms with Gasteiger partial charge in [0.25, 0.3) is 0 Å². The van der Waals surface area contributed by atoms with E-state index in [9.17, 15) is 0 Å². The van der Waals surface area contributed by atoms with E-state index in [0.29, 0.717) is 5.41 Å². The summed E-state index contributed by atoms with van der Waals surface area (Å²) in [6, 6.07) is 0. The Balaban J connectivity index is 1.77. The van der Waals surface area contributed by atoms with Gasteiger partial charge in [-0.05, 0) is 24.8 Å². The van der Waals surface area contributed by atoms with E-state index < -0.39 is 0 Å². The molecule has 1 aliphatic rings. The smallest absolute Gasteiger partial charge is 0.0795 e. The van der Waals surface area contributed by atoms with E-state index in [1.807, 2.05) is 5.51 Å². The lowest BCUT2D eigenvalue weighted by atomic mass is 9.86. The molecule has 1 saturated carbocycles. The molecule has 0 aromatic carbocycles. The van der Waals surface area contributed by atoms with Crippen LogP contribution in [0.25, 0.3) is 0 Å². The molecule has 0 atom stereocenters. The number of hydrogen-bond donors (Lipinski definition) is 2. The van der Waals surface area contributed by atoms with Gasteiger partial charge >= 0.3 is 0 Å². The molecule has 15 heavy (non-hydrogen) atoms. The molecule has 0 amide bonds. The third kappa shape index (κ3) is 2.77. The van der Waals surface area contributed by atoms with E-state index in [1.54, 1.807) is 11.3 Å². The standard InChI is InChI=1S/C11H19N3S/c12-7-11(3-1-2-4-11)8-13-5-10-6-15-9-14-10/h6,9,13H,1-5,7-8,12H2. The van der Waals surface area contributed by atoms with Crippen molar-refractivity contribution in [2.75, 3.05) is 13.1 Å². The number of thiazole rings is 1. The summed E-state index contributed by atoms with van der Waals surface area (Å²) in [5.74, 6) is 0. The van der Waals surface area contributed by atoms with Gasteiger partial charge in [0.2, 0.25) is 0 Å². The van der Waals surface area contributed by atoms with Crippen molar-refractivity contribution in [1.82, 2.24) is 10.3 Å². The lowest BCUT2D eigenvalue weighted by Crippen LogP contribution is -2.38. The predicted octanol–water partition coefficient (Wildman–Crippen LogP) is 1.75. The average Bonchev–Trinajstić information content (AvgIpc) is 2.89. The van der Waals surface area contributed by atoms with E-state index in [1.165, 1.54) is 25.7 Å². The Labute approximate surface area is 95.1 Å². The third-order valence-electron chi connectivity index (χ3n) is 3.39. The molecule has 0 aliphatic heterocycles. The topological polar surface area (TPSA) is 50.9 Å². The van der Waals surface area contributed by atoms with Crippen molar-refractivity contribution in [2.24, 2.45) is 11.1 Å². The second kappa shape index (κ2) is 5.05. The summed E-state index contributed by atoms with van der Waals surface area (Å²) in [5.41, 5.74) is 9.27. The van der Waals surface area contributed by atoms with Crippen molar-refractivity contribution in [2.45, 2.75) is 32.2 Å². The van der Waals surface area contributed by atoms with Crippen LogP contribution in [-0.4, -0.2) is 18.1 Å². The highest BCUT2D eigenvalue weighted by Crippen LogP contribution is 2.36. The van der Waals surface area contributed by atoms with E-state index >= 15 is 0 Å². The summed E-state index contributed by atoms with van der Waals surface area (Å²) in [6.07, 6.45) is 5.26. The van der Waals surface area contributed by atoms with Gasteiger partial charge < -0.3 is 11.1 Å². The monoisotopic (exact) mass is 225 g/mol. The van der Waals surface area contributed by atoms with Gasteiger partial charge in [0, 0.05) is 18.5 Å². The Hall–Kier alpha value is -0.450. The number of nitrogens with one attached hydrogen (secondary N) is 1. The lowest BCUT2D eigenvalue weighted by Gasteiger charge is -2.27. The zero-order valence-electron chi connectivity index (χ0n) is 9.04. The van der Waals surface area contributed by atoms with Crippen molar-refractivity contribution in [3.05, 3.63) is 16.6 Å². The summed E-state index contributed by atoms with van der Waals surface area (Å²) < 4.78 is 0. The fourth-order valence-corrected chi connectivity index (χ4v) is 2.92. The summed E-state index contributed by atoms with van der Waals surface area (Å²) in [7, 11) is 0. The average molecular weight is 225 g/mol. The van der Waals surface area contributed by atoms with Crippen LogP contribution in [0.4, 0.5) is 0 Å². The summed E-state index contributed by atoms with van der Waals surface area (Å²) in [4.78, 5) is 4.25. The number of hydrogen-bond acceptors (Lipinski definition) is 4. The quantitative estimate of drug-likeness (QED) is 0.802. The first kappa shape index (κ1) is 11.0. The zero-order chi connectivity index (χ0) is 10.6. The molecule has 0 bridgehead atoms. The van der Waals surface area contributed by atoms with Crippen LogP contribution in [0, 0.1) is 5.41 Å². The largest absolute Gasteiger partial charge is 0.330 e. The third-order valence-corrected chi connectivity index (χ3v) is 4.02. The maximum absolute atomic E-state index is 5.87. The van der Waals surface area contributed by atoms with Crippen LogP contribution in [0.15, 0.2) is 10.9 Å². The van der Waals surface area contributed by atoms with Crippen LogP contribution in [-0.2, 0) is 6.54 Å². The van der Waals surface area contributed by atoms with E-state index in [2.05, 4.69) is 15.7 Å². The molecule has 0 radical (unpaired) electrons. The van der Waals surface area contributed by atoms with Gasteiger partial charge in [0.05, 0.1) is 11.2 Å². The zero-order valence-corrected chi connectivity index (χ0v) is 9.85. The second-order valence-electron chi connectivity index (χ2n) is 4.49. The molecule has 3 N–H and O–H groups in total. The maximum atomic E-state index is 5.87. The Kier molecular flexibility index (Phi) is 3.72. The first-order valence-electron chi connectivity index (χ1n) is 5.63. The highest BCUT2D eigenvalue weighted by molar-refractivity contribution is 7.07. The molecule has 0 spiro atoms. The molecule has 1 heterocycles. The maximum Gasteiger partial charge on any atom is 0.0795 e. The molecule has 0 saturated heterocycles. The molecule has 1 aliphatic carbocycles. The van der Waals surface area contributed by atoms with Crippen molar-refractivity contribution in [3.8, 4) is 0 Å². The Bertz CT molecular complexity index is 278. The molecule has 4 heteroatoms. The van der Waals surface area contributed by atoms with Crippen LogP contribution < -0.4 is 11.1 Å². The van der Waals surface area contributed by atoms with Crippen molar-refractivity contribution < 1.29 is 0 Å². The second-order valence-corrected chi connectivity index (χ2v) is 5.21. The Morgan fingerprint density at radius 1 is 1.47 bits per heavy atom. The van der Waals surface area contributed by atoms with Crippen molar-refractivity contribution >= 4 is 11.3 Å². The van der Waals surface area contributed by atoms with E-state index in [0.717, 1.165) is 25.3 Å².